The second kappa shape index (κ2) is 8.64. The number of nitro benzene ring substituents is 1. The number of esters is 1. The first-order chi connectivity index (χ1) is 13.0. The van der Waals surface area contributed by atoms with Crippen LogP contribution in [0.15, 0.2) is 48.5 Å². The highest BCUT2D eigenvalue weighted by Crippen LogP contribution is 2.23. The molecule has 0 radical (unpaired) electrons. The standard InChI is InChI=1S/C20H21NO6/c1-14(16-4-2-5-17(12-16)21(23)24)27-20(22)15-7-9-18(10-8-15)26-13-19-6-3-11-25-19/h2,4-5,7-10,12,14,19H,3,6,11,13H2,1H3/t14-,19-/m1/s1. The van der Waals surface area contributed by atoms with Crippen LogP contribution in [0.25, 0.3) is 0 Å². The predicted octanol–water partition coefficient (Wildman–Crippen LogP) is 4.07. The summed E-state index contributed by atoms with van der Waals surface area (Å²) in [6, 6.07) is 12.7. The monoisotopic (exact) mass is 371 g/mol. The van der Waals surface area contributed by atoms with E-state index in [1.54, 1.807) is 43.3 Å². The van der Waals surface area contributed by atoms with Gasteiger partial charge in [0.15, 0.2) is 0 Å². The number of hydrogen-bond donors (Lipinski definition) is 0. The van der Waals surface area contributed by atoms with E-state index in [1.807, 2.05) is 0 Å². The Hall–Kier alpha value is -2.93. The van der Waals surface area contributed by atoms with Crippen LogP contribution < -0.4 is 4.74 Å². The molecular weight excluding hydrogens is 350 g/mol. The molecule has 7 nitrogen and oxygen atoms in total. The van der Waals surface area contributed by atoms with Gasteiger partial charge in [0.2, 0.25) is 0 Å². The van der Waals surface area contributed by atoms with E-state index in [9.17, 15) is 14.9 Å². The van der Waals surface area contributed by atoms with Crippen LogP contribution in [0.4, 0.5) is 5.69 Å². The van der Waals surface area contributed by atoms with Crippen LogP contribution in [-0.2, 0) is 9.47 Å². The second-order valence-corrected chi connectivity index (χ2v) is 6.37. The van der Waals surface area contributed by atoms with Gasteiger partial charge in [-0.3, -0.25) is 10.1 Å². The molecule has 0 aliphatic carbocycles. The van der Waals surface area contributed by atoms with Gasteiger partial charge in [-0.1, -0.05) is 12.1 Å². The fourth-order valence-corrected chi connectivity index (χ4v) is 2.84. The topological polar surface area (TPSA) is 87.9 Å². The molecule has 1 aliphatic heterocycles. The lowest BCUT2D eigenvalue weighted by Gasteiger charge is -2.14. The van der Waals surface area contributed by atoms with Gasteiger partial charge in [0, 0.05) is 18.7 Å². The maximum Gasteiger partial charge on any atom is 0.338 e. The van der Waals surface area contributed by atoms with E-state index in [4.69, 9.17) is 14.2 Å². The molecule has 0 N–H and O–H groups in total. The van der Waals surface area contributed by atoms with Crippen molar-refractivity contribution in [3.05, 3.63) is 69.8 Å². The number of nitrogens with zero attached hydrogens (tertiary/aromatic N) is 1. The molecule has 0 spiro atoms. The Labute approximate surface area is 157 Å². The minimum atomic E-state index is -0.604. The van der Waals surface area contributed by atoms with E-state index >= 15 is 0 Å². The molecule has 3 rings (SSSR count). The smallest absolute Gasteiger partial charge is 0.338 e. The average Bonchev–Trinajstić information content (AvgIpc) is 3.20. The zero-order chi connectivity index (χ0) is 19.2. The lowest BCUT2D eigenvalue weighted by molar-refractivity contribution is -0.385. The van der Waals surface area contributed by atoms with Crippen molar-refractivity contribution in [1.29, 1.82) is 0 Å². The van der Waals surface area contributed by atoms with Gasteiger partial charge in [-0.25, -0.2) is 4.79 Å². The Morgan fingerprint density at radius 3 is 2.74 bits per heavy atom. The first kappa shape index (κ1) is 18.8. The SMILES string of the molecule is C[C@@H](OC(=O)c1ccc(OC[C@H]2CCCO2)cc1)c1cccc([N+](=O)[O-])c1. The summed E-state index contributed by atoms with van der Waals surface area (Å²) >= 11 is 0. The fraction of sp³-hybridized carbons (Fsp3) is 0.350. The maximum atomic E-state index is 12.3. The lowest BCUT2D eigenvalue weighted by Crippen LogP contribution is -2.16. The molecule has 1 fully saturated rings. The molecule has 1 heterocycles. The Bertz CT molecular complexity index is 798. The molecule has 1 saturated heterocycles. The Kier molecular flexibility index (Phi) is 6.03. The number of nitro groups is 1. The van der Waals surface area contributed by atoms with Crippen molar-refractivity contribution in [2.75, 3.05) is 13.2 Å². The zero-order valence-corrected chi connectivity index (χ0v) is 15.0. The zero-order valence-electron chi connectivity index (χ0n) is 15.0. The van der Waals surface area contributed by atoms with Crippen LogP contribution in [0.1, 0.15) is 41.8 Å². The van der Waals surface area contributed by atoms with Gasteiger partial charge in [0.05, 0.1) is 16.6 Å². The quantitative estimate of drug-likeness (QED) is 0.414. The third-order valence-corrected chi connectivity index (χ3v) is 4.38. The maximum absolute atomic E-state index is 12.3. The van der Waals surface area contributed by atoms with Crippen molar-refractivity contribution < 1.29 is 23.9 Å². The fourth-order valence-electron chi connectivity index (χ4n) is 2.84. The van der Waals surface area contributed by atoms with Crippen LogP contribution in [0, 0.1) is 10.1 Å². The van der Waals surface area contributed by atoms with Gasteiger partial charge in [-0.15, -0.1) is 0 Å². The second-order valence-electron chi connectivity index (χ2n) is 6.37. The number of hydrogen-bond acceptors (Lipinski definition) is 6. The van der Waals surface area contributed by atoms with Gasteiger partial charge in [-0.05, 0) is 49.6 Å². The van der Waals surface area contributed by atoms with E-state index in [2.05, 4.69) is 0 Å². The third-order valence-electron chi connectivity index (χ3n) is 4.38. The van der Waals surface area contributed by atoms with Gasteiger partial charge < -0.3 is 14.2 Å². The van der Waals surface area contributed by atoms with Crippen LogP contribution in [0.2, 0.25) is 0 Å². The van der Waals surface area contributed by atoms with Crippen LogP contribution in [0.3, 0.4) is 0 Å². The summed E-state index contributed by atoms with van der Waals surface area (Å²) in [5.74, 6) is 0.161. The van der Waals surface area contributed by atoms with Crippen molar-refractivity contribution >= 4 is 11.7 Å². The summed E-state index contributed by atoms with van der Waals surface area (Å²) in [4.78, 5) is 22.7. The van der Waals surface area contributed by atoms with Gasteiger partial charge >= 0.3 is 5.97 Å². The molecule has 2 aromatic rings. The van der Waals surface area contributed by atoms with Crippen molar-refractivity contribution in [2.24, 2.45) is 0 Å². The molecule has 0 bridgehead atoms. The Balaban J connectivity index is 1.57. The molecule has 142 valence electrons. The number of carbonyl (C=O) groups excluding carboxylic acids is 1. The number of carbonyl (C=O) groups is 1. The molecule has 0 aromatic heterocycles. The van der Waals surface area contributed by atoms with Crippen molar-refractivity contribution in [2.45, 2.75) is 32.0 Å². The first-order valence-electron chi connectivity index (χ1n) is 8.83. The van der Waals surface area contributed by atoms with Crippen molar-refractivity contribution in [1.82, 2.24) is 0 Å². The highest BCUT2D eigenvalue weighted by atomic mass is 16.6. The Morgan fingerprint density at radius 1 is 1.30 bits per heavy atom. The van der Waals surface area contributed by atoms with Crippen molar-refractivity contribution in [3.63, 3.8) is 0 Å². The Morgan fingerprint density at radius 2 is 2.07 bits per heavy atom. The molecule has 0 unspecified atom stereocenters. The van der Waals surface area contributed by atoms with Crippen molar-refractivity contribution in [3.8, 4) is 5.75 Å². The van der Waals surface area contributed by atoms with Gasteiger partial charge in [0.25, 0.3) is 5.69 Å². The first-order valence-corrected chi connectivity index (χ1v) is 8.83. The largest absolute Gasteiger partial charge is 0.491 e. The summed E-state index contributed by atoms with van der Waals surface area (Å²) in [7, 11) is 0. The van der Waals surface area contributed by atoms with E-state index in [-0.39, 0.29) is 11.8 Å². The summed E-state index contributed by atoms with van der Waals surface area (Å²) < 4.78 is 16.6. The summed E-state index contributed by atoms with van der Waals surface area (Å²) in [6.45, 7) is 2.95. The van der Waals surface area contributed by atoms with E-state index < -0.39 is 17.0 Å². The predicted molar refractivity (Wildman–Crippen MR) is 97.8 cm³/mol. The summed E-state index contributed by atoms with van der Waals surface area (Å²) in [5, 5.41) is 10.9. The molecule has 0 amide bonds. The molecule has 0 saturated carbocycles. The summed E-state index contributed by atoms with van der Waals surface area (Å²) in [5.41, 5.74) is 0.911. The van der Waals surface area contributed by atoms with E-state index in [0.29, 0.717) is 23.5 Å². The lowest BCUT2D eigenvalue weighted by atomic mass is 10.1. The minimum Gasteiger partial charge on any atom is -0.491 e. The average molecular weight is 371 g/mol. The minimum absolute atomic E-state index is 0.0388. The highest BCUT2D eigenvalue weighted by molar-refractivity contribution is 5.89. The molecule has 27 heavy (non-hydrogen) atoms. The van der Waals surface area contributed by atoms with Crippen LogP contribution >= 0.6 is 0 Å². The number of benzene rings is 2. The molecular formula is C20H21NO6. The number of non-ortho nitro benzene ring substituents is 1. The van der Waals surface area contributed by atoms with Crippen LogP contribution in [-0.4, -0.2) is 30.2 Å². The van der Waals surface area contributed by atoms with Gasteiger partial charge in [-0.2, -0.15) is 0 Å². The molecule has 2 aromatic carbocycles. The van der Waals surface area contributed by atoms with Gasteiger partial charge in [0.1, 0.15) is 18.5 Å². The third kappa shape index (κ3) is 5.04. The number of ether oxygens (including phenoxy) is 3. The summed E-state index contributed by atoms with van der Waals surface area (Å²) in [6.07, 6.45) is 1.58. The van der Waals surface area contributed by atoms with E-state index in [0.717, 1.165) is 19.4 Å². The number of rotatable bonds is 7. The molecule has 1 aliphatic rings. The molecule has 2 atom stereocenters. The van der Waals surface area contributed by atoms with Crippen LogP contribution in [0.5, 0.6) is 5.75 Å². The van der Waals surface area contributed by atoms with E-state index in [1.165, 1.54) is 12.1 Å². The highest BCUT2D eigenvalue weighted by Gasteiger charge is 2.18. The molecule has 7 heteroatoms. The normalized spacial score (nSPS) is 17.3.